The molecule has 14 heteroatoms. The fraction of sp³-hybridized carbons (Fsp3) is 0.333. The minimum atomic E-state index is -0.499. The Morgan fingerprint density at radius 3 is 2.56 bits per heavy atom. The number of thiophene rings is 1. The van der Waals surface area contributed by atoms with Crippen LogP contribution in [0.4, 0.5) is 17.2 Å². The number of aliphatic imine (C=N–C) groups is 1. The zero-order valence-electron chi connectivity index (χ0n) is 22.1. The molecule has 0 spiro atoms. The summed E-state index contributed by atoms with van der Waals surface area (Å²) in [5.74, 6) is -0.646. The van der Waals surface area contributed by atoms with Crippen molar-refractivity contribution in [1.29, 1.82) is 0 Å². The summed E-state index contributed by atoms with van der Waals surface area (Å²) in [6, 6.07) is 7.01. The van der Waals surface area contributed by atoms with Crippen molar-refractivity contribution in [3.05, 3.63) is 66.9 Å². The van der Waals surface area contributed by atoms with E-state index in [2.05, 4.69) is 20.6 Å². The minimum absolute atomic E-state index is 0.172. The molecule has 2 aliphatic rings. The van der Waals surface area contributed by atoms with Crippen LogP contribution in [-0.2, 0) is 16.0 Å². The second kappa shape index (κ2) is 13.3. The van der Waals surface area contributed by atoms with Gasteiger partial charge >= 0.3 is 0 Å². The summed E-state index contributed by atoms with van der Waals surface area (Å²) in [7, 11) is 0. The van der Waals surface area contributed by atoms with Crippen LogP contribution in [0.15, 0.2) is 40.8 Å². The first-order valence-corrected chi connectivity index (χ1v) is 14.9. The largest absolute Gasteiger partial charge is 0.463 e. The van der Waals surface area contributed by atoms with Crippen molar-refractivity contribution >= 4 is 81.2 Å². The molecular weight excluding hydrogens is 611 g/mol. The molecule has 1 fully saturated rings. The lowest BCUT2D eigenvalue weighted by atomic mass is 10.1. The van der Waals surface area contributed by atoms with Crippen LogP contribution in [0.2, 0.25) is 15.1 Å². The third-order valence-corrected chi connectivity index (χ3v) is 8.49. The summed E-state index contributed by atoms with van der Waals surface area (Å²) >= 11 is 20.4. The lowest BCUT2D eigenvalue weighted by molar-refractivity contribution is 0.102. The van der Waals surface area contributed by atoms with Gasteiger partial charge in [0.15, 0.2) is 0 Å². The second-order valence-electron chi connectivity index (χ2n) is 9.15. The van der Waals surface area contributed by atoms with E-state index >= 15 is 0 Å². The van der Waals surface area contributed by atoms with Crippen molar-refractivity contribution in [2.45, 2.75) is 13.5 Å². The third kappa shape index (κ3) is 6.87. The highest BCUT2D eigenvalue weighted by Crippen LogP contribution is 2.37. The summed E-state index contributed by atoms with van der Waals surface area (Å²) in [6.07, 6.45) is 1.43. The molecule has 2 aromatic heterocycles. The molecule has 0 radical (unpaired) electrons. The van der Waals surface area contributed by atoms with Gasteiger partial charge < -0.3 is 29.9 Å². The molecule has 0 bridgehead atoms. The van der Waals surface area contributed by atoms with Gasteiger partial charge in [-0.15, -0.1) is 11.3 Å². The Balaban J connectivity index is 1.45. The van der Waals surface area contributed by atoms with Crippen molar-refractivity contribution in [3.63, 3.8) is 0 Å². The number of morpholine rings is 1. The predicted molar refractivity (Wildman–Crippen MR) is 163 cm³/mol. The quantitative estimate of drug-likeness (QED) is 0.329. The summed E-state index contributed by atoms with van der Waals surface area (Å²) in [5.41, 5.74) is 1.86. The highest BCUT2D eigenvalue weighted by Gasteiger charge is 2.26. The molecule has 0 aliphatic carbocycles. The van der Waals surface area contributed by atoms with Crippen LogP contribution in [0.1, 0.15) is 32.5 Å². The Hall–Kier alpha value is -3.09. The number of nitrogens with one attached hydrogen (secondary N) is 2. The smallest absolute Gasteiger partial charge is 0.287 e. The van der Waals surface area contributed by atoms with E-state index in [4.69, 9.17) is 44.3 Å². The first-order valence-electron chi connectivity index (χ1n) is 12.9. The molecule has 0 atom stereocenters. The van der Waals surface area contributed by atoms with Gasteiger partial charge in [0.05, 0.1) is 46.7 Å². The maximum absolute atomic E-state index is 13.7. The lowest BCUT2D eigenvalue weighted by Crippen LogP contribution is -2.37. The number of carbonyl (C=O) groups is 2. The monoisotopic (exact) mass is 636 g/mol. The molecule has 1 aromatic carbocycles. The Kier molecular flexibility index (Phi) is 9.51. The predicted octanol–water partition coefficient (Wildman–Crippen LogP) is 5.65. The zero-order chi connectivity index (χ0) is 28.9. The maximum Gasteiger partial charge on any atom is 0.287 e. The van der Waals surface area contributed by atoms with E-state index in [-0.39, 0.29) is 5.56 Å². The fourth-order valence-corrected chi connectivity index (χ4v) is 6.00. The molecule has 0 saturated carbocycles. The van der Waals surface area contributed by atoms with Crippen LogP contribution in [0.5, 0.6) is 0 Å². The van der Waals surface area contributed by atoms with Crippen molar-refractivity contribution in [2.24, 2.45) is 4.99 Å². The SMILES string of the molecule is CCN(Cc1csc(C(=O)Nc2c(C(=O)Nc3ccc(Cl)cn3)cc(Cl)cc2N2CCOCC2)c1Cl)C1=NCCO1. The molecule has 4 heterocycles. The number of halogens is 3. The van der Waals surface area contributed by atoms with Crippen molar-refractivity contribution in [2.75, 3.05) is 61.5 Å². The number of rotatable bonds is 8. The van der Waals surface area contributed by atoms with Crippen LogP contribution < -0.4 is 15.5 Å². The standard InChI is InChI=1S/C27H27Cl3N6O4S/c1-2-35(27-31-5-8-40-27)14-16-15-41-24(22(16)30)26(38)34-23-19(25(37)33-21-4-3-17(28)13-32-21)11-18(29)12-20(23)36-6-9-39-10-7-36/h3-4,11-13,15H,2,5-10,14H2,1H3,(H,34,38)(H,32,33,37). The van der Waals surface area contributed by atoms with Gasteiger partial charge in [-0.2, -0.15) is 0 Å². The molecular formula is C27H27Cl3N6O4S. The highest BCUT2D eigenvalue weighted by atomic mass is 35.5. The van der Waals surface area contributed by atoms with Gasteiger partial charge in [-0.25, -0.2) is 9.98 Å². The summed E-state index contributed by atoms with van der Waals surface area (Å²) < 4.78 is 11.1. The first-order chi connectivity index (χ1) is 19.8. The molecule has 10 nitrogen and oxygen atoms in total. The van der Waals surface area contributed by atoms with E-state index in [1.807, 2.05) is 22.1 Å². The Morgan fingerprint density at radius 1 is 1.07 bits per heavy atom. The Labute approximate surface area is 256 Å². The average Bonchev–Trinajstić information content (AvgIpc) is 3.64. The third-order valence-electron chi connectivity index (χ3n) is 6.48. The van der Waals surface area contributed by atoms with Crippen molar-refractivity contribution in [3.8, 4) is 0 Å². The molecule has 216 valence electrons. The number of benzene rings is 1. The number of hydrogen-bond acceptors (Lipinski definition) is 9. The van der Waals surface area contributed by atoms with Gasteiger partial charge in [0.2, 0.25) is 0 Å². The van der Waals surface area contributed by atoms with Gasteiger partial charge in [-0.05, 0) is 36.6 Å². The van der Waals surface area contributed by atoms with Crippen LogP contribution in [0, 0.1) is 0 Å². The number of carbonyl (C=O) groups excluding carboxylic acids is 2. The van der Waals surface area contributed by atoms with E-state index in [9.17, 15) is 9.59 Å². The maximum atomic E-state index is 13.7. The second-order valence-corrected chi connectivity index (χ2v) is 11.3. The molecule has 41 heavy (non-hydrogen) atoms. The molecule has 1 saturated heterocycles. The van der Waals surface area contributed by atoms with Crippen molar-refractivity contribution in [1.82, 2.24) is 9.88 Å². The lowest BCUT2D eigenvalue weighted by Gasteiger charge is -2.31. The molecule has 2 amide bonds. The molecule has 0 unspecified atom stereocenters. The summed E-state index contributed by atoms with van der Waals surface area (Å²) in [4.78, 5) is 40.0. The van der Waals surface area contributed by atoms with Gasteiger partial charge in [0, 0.05) is 43.0 Å². The molecule has 2 aliphatic heterocycles. The average molecular weight is 638 g/mol. The van der Waals surface area contributed by atoms with Gasteiger partial charge in [-0.3, -0.25) is 9.59 Å². The van der Waals surface area contributed by atoms with Crippen LogP contribution >= 0.6 is 46.1 Å². The number of amidine groups is 1. The number of nitrogens with zero attached hydrogens (tertiary/aromatic N) is 4. The van der Waals surface area contributed by atoms with Crippen molar-refractivity contribution < 1.29 is 19.1 Å². The Morgan fingerprint density at radius 2 is 1.88 bits per heavy atom. The minimum Gasteiger partial charge on any atom is -0.463 e. The van der Waals surface area contributed by atoms with E-state index in [0.717, 1.165) is 5.56 Å². The fourth-order valence-electron chi connectivity index (χ4n) is 4.43. The van der Waals surface area contributed by atoms with E-state index < -0.39 is 11.8 Å². The molecule has 2 N–H and O–H groups in total. The summed E-state index contributed by atoms with van der Waals surface area (Å²) in [6.45, 7) is 6.40. The number of hydrogen-bond donors (Lipinski definition) is 2. The normalized spacial score (nSPS) is 14.8. The van der Waals surface area contributed by atoms with Gasteiger partial charge in [0.25, 0.3) is 17.8 Å². The van der Waals surface area contributed by atoms with Gasteiger partial charge in [-0.1, -0.05) is 34.8 Å². The zero-order valence-corrected chi connectivity index (χ0v) is 25.2. The first kappa shape index (κ1) is 29.4. The Bertz CT molecular complexity index is 1460. The molecule has 3 aromatic rings. The van der Waals surface area contributed by atoms with E-state index in [0.29, 0.717) is 95.7 Å². The molecule has 5 rings (SSSR count). The highest BCUT2D eigenvalue weighted by molar-refractivity contribution is 7.13. The topological polar surface area (TPSA) is 108 Å². The summed E-state index contributed by atoms with van der Waals surface area (Å²) in [5, 5.41) is 8.67. The number of anilines is 3. The van der Waals surface area contributed by atoms with Crippen LogP contribution in [0.25, 0.3) is 0 Å². The number of aromatic nitrogens is 1. The number of amides is 2. The van der Waals surface area contributed by atoms with E-state index in [1.54, 1.807) is 18.2 Å². The number of pyridine rings is 1. The van der Waals surface area contributed by atoms with Crippen LogP contribution in [-0.4, -0.2) is 73.7 Å². The van der Waals surface area contributed by atoms with Gasteiger partial charge in [0.1, 0.15) is 17.3 Å². The van der Waals surface area contributed by atoms with E-state index in [1.165, 1.54) is 23.6 Å². The van der Waals surface area contributed by atoms with Crippen LogP contribution in [0.3, 0.4) is 0 Å². The number of ether oxygens (including phenoxy) is 2.